The number of anilines is 1. The van der Waals surface area contributed by atoms with Crippen molar-refractivity contribution < 1.29 is 0 Å². The van der Waals surface area contributed by atoms with Crippen LogP contribution in [0.25, 0.3) is 0 Å². The average Bonchev–Trinajstić information content (AvgIpc) is 2.40. The first-order chi connectivity index (χ1) is 9.31. The van der Waals surface area contributed by atoms with E-state index in [1.165, 1.54) is 5.56 Å². The number of nitrogens with one attached hydrogen (secondary N) is 1. The second-order valence-electron chi connectivity index (χ2n) is 4.47. The van der Waals surface area contributed by atoms with Gasteiger partial charge in [0.25, 0.3) is 0 Å². The van der Waals surface area contributed by atoms with Gasteiger partial charge in [0.2, 0.25) is 0 Å². The van der Waals surface area contributed by atoms with E-state index in [1.54, 1.807) is 12.4 Å². The van der Waals surface area contributed by atoms with E-state index in [9.17, 15) is 0 Å². The van der Waals surface area contributed by atoms with E-state index in [0.717, 1.165) is 43.1 Å². The van der Waals surface area contributed by atoms with Crippen molar-refractivity contribution >= 4 is 5.82 Å². The third-order valence-electron chi connectivity index (χ3n) is 2.80. The normalized spacial score (nSPS) is 10.4. The monoisotopic (exact) mass is 256 g/mol. The number of hydrogen-bond donors (Lipinski definition) is 1. The summed E-state index contributed by atoms with van der Waals surface area (Å²) in [4.78, 5) is 13.2. The minimum absolute atomic E-state index is 0.748. The predicted octanol–water partition coefficient (Wildman–Crippen LogP) is 2.85. The molecule has 0 amide bonds. The first-order valence-corrected chi connectivity index (χ1v) is 6.81. The van der Waals surface area contributed by atoms with Crippen LogP contribution in [0.15, 0.2) is 30.6 Å². The molecule has 0 aliphatic carbocycles. The highest BCUT2D eigenvalue weighted by Crippen LogP contribution is 2.11. The summed E-state index contributed by atoms with van der Waals surface area (Å²) in [7, 11) is 0. The van der Waals surface area contributed by atoms with E-state index in [-0.39, 0.29) is 0 Å². The van der Waals surface area contributed by atoms with Gasteiger partial charge in [-0.2, -0.15) is 0 Å². The maximum absolute atomic E-state index is 4.63. The van der Waals surface area contributed by atoms with Crippen molar-refractivity contribution in [1.29, 1.82) is 0 Å². The summed E-state index contributed by atoms with van der Waals surface area (Å²) < 4.78 is 0. The fourth-order valence-corrected chi connectivity index (χ4v) is 1.97. The van der Waals surface area contributed by atoms with Crippen molar-refractivity contribution in [2.75, 3.05) is 11.9 Å². The quantitative estimate of drug-likeness (QED) is 0.863. The molecule has 0 radical (unpaired) electrons. The first-order valence-electron chi connectivity index (χ1n) is 6.81. The molecule has 100 valence electrons. The van der Waals surface area contributed by atoms with Gasteiger partial charge in [-0.1, -0.05) is 13.3 Å². The summed E-state index contributed by atoms with van der Waals surface area (Å²) in [6.45, 7) is 5.11. The van der Waals surface area contributed by atoms with Crippen LogP contribution in [0.4, 0.5) is 5.82 Å². The van der Waals surface area contributed by atoms with Gasteiger partial charge < -0.3 is 5.32 Å². The van der Waals surface area contributed by atoms with Crippen molar-refractivity contribution in [3.63, 3.8) is 0 Å². The highest BCUT2D eigenvalue weighted by molar-refractivity contribution is 5.36. The van der Waals surface area contributed by atoms with Gasteiger partial charge in [0, 0.05) is 37.1 Å². The molecule has 0 saturated heterocycles. The molecule has 0 fully saturated rings. The molecule has 0 saturated carbocycles. The zero-order chi connectivity index (χ0) is 13.5. The Balaban J connectivity index is 2.23. The SMILES string of the molecule is CCCc1cc(NCC)nc(Cc2ccncc2)n1. The minimum Gasteiger partial charge on any atom is -0.370 e. The lowest BCUT2D eigenvalue weighted by Crippen LogP contribution is -2.06. The van der Waals surface area contributed by atoms with Crippen LogP contribution < -0.4 is 5.32 Å². The number of rotatable bonds is 6. The lowest BCUT2D eigenvalue weighted by molar-refractivity contribution is 0.841. The van der Waals surface area contributed by atoms with Gasteiger partial charge in [-0.15, -0.1) is 0 Å². The first kappa shape index (κ1) is 13.5. The topological polar surface area (TPSA) is 50.7 Å². The molecule has 2 aromatic rings. The summed E-state index contributed by atoms with van der Waals surface area (Å²) in [6.07, 6.45) is 6.44. The summed E-state index contributed by atoms with van der Waals surface area (Å²) in [5.41, 5.74) is 2.30. The molecule has 19 heavy (non-hydrogen) atoms. The lowest BCUT2D eigenvalue weighted by Gasteiger charge is -2.08. The molecule has 0 atom stereocenters. The number of aromatic nitrogens is 3. The number of aryl methyl sites for hydroxylation is 1. The van der Waals surface area contributed by atoms with Gasteiger partial charge in [0.1, 0.15) is 11.6 Å². The Labute approximate surface area is 114 Å². The van der Waals surface area contributed by atoms with Crippen LogP contribution in [0, 0.1) is 0 Å². The summed E-state index contributed by atoms with van der Waals surface area (Å²) in [6, 6.07) is 6.05. The van der Waals surface area contributed by atoms with Gasteiger partial charge in [-0.05, 0) is 31.0 Å². The molecule has 4 heteroatoms. The maximum atomic E-state index is 4.63. The Morgan fingerprint density at radius 3 is 2.58 bits per heavy atom. The smallest absolute Gasteiger partial charge is 0.135 e. The van der Waals surface area contributed by atoms with Crippen molar-refractivity contribution in [1.82, 2.24) is 15.0 Å². The zero-order valence-corrected chi connectivity index (χ0v) is 11.6. The van der Waals surface area contributed by atoms with Gasteiger partial charge in [0.05, 0.1) is 0 Å². The Hall–Kier alpha value is -1.97. The highest BCUT2D eigenvalue weighted by Gasteiger charge is 2.05. The molecule has 2 rings (SSSR count). The van der Waals surface area contributed by atoms with Gasteiger partial charge >= 0.3 is 0 Å². The van der Waals surface area contributed by atoms with Crippen molar-refractivity contribution in [2.24, 2.45) is 0 Å². The van der Waals surface area contributed by atoms with Gasteiger partial charge in [-0.3, -0.25) is 4.98 Å². The van der Waals surface area contributed by atoms with Gasteiger partial charge in [0.15, 0.2) is 0 Å². The van der Waals surface area contributed by atoms with Crippen LogP contribution in [0.2, 0.25) is 0 Å². The fraction of sp³-hybridized carbons (Fsp3) is 0.400. The average molecular weight is 256 g/mol. The Morgan fingerprint density at radius 1 is 1.11 bits per heavy atom. The third kappa shape index (κ3) is 4.02. The largest absolute Gasteiger partial charge is 0.370 e. The van der Waals surface area contributed by atoms with E-state index in [2.05, 4.69) is 34.1 Å². The molecule has 4 nitrogen and oxygen atoms in total. The molecular weight excluding hydrogens is 236 g/mol. The Bertz CT molecular complexity index is 487. The fourth-order valence-electron chi connectivity index (χ4n) is 1.97. The van der Waals surface area contributed by atoms with Crippen molar-refractivity contribution in [2.45, 2.75) is 33.1 Å². The molecule has 0 spiro atoms. The molecular formula is C15H20N4. The van der Waals surface area contributed by atoms with Crippen LogP contribution in [-0.2, 0) is 12.8 Å². The molecule has 0 aliphatic rings. The van der Waals surface area contributed by atoms with Crippen LogP contribution in [0.5, 0.6) is 0 Å². The summed E-state index contributed by atoms with van der Waals surface area (Å²) >= 11 is 0. The highest BCUT2D eigenvalue weighted by atomic mass is 15.0. The molecule has 0 aliphatic heterocycles. The Morgan fingerprint density at radius 2 is 1.89 bits per heavy atom. The van der Waals surface area contributed by atoms with Crippen molar-refractivity contribution in [3.05, 3.63) is 47.7 Å². The molecule has 2 aromatic heterocycles. The number of hydrogen-bond acceptors (Lipinski definition) is 4. The number of pyridine rings is 1. The lowest BCUT2D eigenvalue weighted by atomic mass is 10.2. The maximum Gasteiger partial charge on any atom is 0.135 e. The van der Waals surface area contributed by atoms with E-state index in [0.29, 0.717) is 0 Å². The van der Waals surface area contributed by atoms with Crippen LogP contribution >= 0.6 is 0 Å². The van der Waals surface area contributed by atoms with E-state index in [1.807, 2.05) is 18.2 Å². The van der Waals surface area contributed by atoms with Crippen LogP contribution in [0.3, 0.4) is 0 Å². The zero-order valence-electron chi connectivity index (χ0n) is 11.6. The molecule has 1 N–H and O–H groups in total. The second-order valence-corrected chi connectivity index (χ2v) is 4.47. The third-order valence-corrected chi connectivity index (χ3v) is 2.80. The van der Waals surface area contributed by atoms with Crippen molar-refractivity contribution in [3.8, 4) is 0 Å². The van der Waals surface area contributed by atoms with Crippen LogP contribution in [0.1, 0.15) is 37.4 Å². The van der Waals surface area contributed by atoms with E-state index < -0.39 is 0 Å². The van der Waals surface area contributed by atoms with E-state index >= 15 is 0 Å². The number of nitrogens with zero attached hydrogens (tertiary/aromatic N) is 3. The molecule has 0 unspecified atom stereocenters. The van der Waals surface area contributed by atoms with Crippen LogP contribution in [-0.4, -0.2) is 21.5 Å². The predicted molar refractivity (Wildman–Crippen MR) is 77.2 cm³/mol. The summed E-state index contributed by atoms with van der Waals surface area (Å²) in [5.74, 6) is 1.79. The van der Waals surface area contributed by atoms with Gasteiger partial charge in [-0.25, -0.2) is 9.97 Å². The molecule has 0 bridgehead atoms. The second kappa shape index (κ2) is 6.83. The van der Waals surface area contributed by atoms with E-state index in [4.69, 9.17) is 0 Å². The molecule has 2 heterocycles. The minimum atomic E-state index is 0.748. The molecule has 0 aromatic carbocycles. The Kier molecular flexibility index (Phi) is 4.84. The summed E-state index contributed by atoms with van der Waals surface area (Å²) in [5, 5.41) is 3.27. The standard InChI is InChI=1S/C15H20N4/c1-3-5-13-11-14(17-4-2)19-15(18-13)10-12-6-8-16-9-7-12/h6-9,11H,3-5,10H2,1-2H3,(H,17,18,19).